The maximum atomic E-state index is 12.4. The quantitative estimate of drug-likeness (QED) is 0.763. The van der Waals surface area contributed by atoms with Crippen LogP contribution in [0.25, 0.3) is 11.3 Å². The second-order valence-corrected chi connectivity index (χ2v) is 6.44. The average Bonchev–Trinajstić information content (AvgIpc) is 3.15. The zero-order chi connectivity index (χ0) is 16.4. The highest BCUT2D eigenvalue weighted by atomic mass is 79.9. The van der Waals surface area contributed by atoms with Crippen molar-refractivity contribution < 1.29 is 14.7 Å². The van der Waals surface area contributed by atoms with E-state index >= 15 is 0 Å². The standard InChI is InChI=1S/C16H16BrN3O3/c17-12-13(9-4-2-1-3-5-9)19-20-14(12)15(21)18-11-7-6-10(8-11)16(22)23/h1-5,10-11H,6-8H2,(H,18,21)(H,19,20)(H,22,23)/t10-,11+/m0/s1. The van der Waals surface area contributed by atoms with Crippen molar-refractivity contribution in [2.45, 2.75) is 25.3 Å². The van der Waals surface area contributed by atoms with Crippen molar-refractivity contribution in [3.05, 3.63) is 40.5 Å². The van der Waals surface area contributed by atoms with E-state index in [-0.39, 0.29) is 17.9 Å². The number of halogens is 1. The van der Waals surface area contributed by atoms with Crippen LogP contribution < -0.4 is 5.32 Å². The number of aliphatic carboxylic acids is 1. The van der Waals surface area contributed by atoms with E-state index in [1.165, 1.54) is 0 Å². The smallest absolute Gasteiger partial charge is 0.306 e. The summed E-state index contributed by atoms with van der Waals surface area (Å²) in [6, 6.07) is 9.44. The van der Waals surface area contributed by atoms with E-state index in [2.05, 4.69) is 31.4 Å². The molecule has 1 aromatic heterocycles. The van der Waals surface area contributed by atoms with Crippen molar-refractivity contribution in [3.63, 3.8) is 0 Å². The van der Waals surface area contributed by atoms with Gasteiger partial charge in [-0.1, -0.05) is 30.3 Å². The van der Waals surface area contributed by atoms with Gasteiger partial charge in [0.15, 0.2) is 0 Å². The van der Waals surface area contributed by atoms with Crippen LogP contribution in [0.15, 0.2) is 34.8 Å². The summed E-state index contributed by atoms with van der Waals surface area (Å²) in [4.78, 5) is 23.4. The molecule has 1 saturated carbocycles. The predicted octanol–water partition coefficient (Wildman–Crippen LogP) is 2.82. The topological polar surface area (TPSA) is 95.1 Å². The second kappa shape index (κ2) is 6.54. The lowest BCUT2D eigenvalue weighted by atomic mass is 10.1. The van der Waals surface area contributed by atoms with E-state index < -0.39 is 5.97 Å². The number of aromatic nitrogens is 2. The fourth-order valence-electron chi connectivity index (χ4n) is 2.86. The van der Waals surface area contributed by atoms with Gasteiger partial charge in [-0.05, 0) is 35.2 Å². The average molecular weight is 378 g/mol. The molecule has 0 radical (unpaired) electrons. The van der Waals surface area contributed by atoms with Gasteiger partial charge < -0.3 is 10.4 Å². The van der Waals surface area contributed by atoms with Crippen LogP contribution in [0.4, 0.5) is 0 Å². The first-order valence-electron chi connectivity index (χ1n) is 7.39. The molecule has 1 aromatic carbocycles. The van der Waals surface area contributed by atoms with Crippen LogP contribution in [-0.4, -0.2) is 33.2 Å². The Kier molecular flexibility index (Phi) is 4.47. The van der Waals surface area contributed by atoms with Gasteiger partial charge >= 0.3 is 5.97 Å². The molecule has 120 valence electrons. The minimum Gasteiger partial charge on any atom is -0.481 e. The maximum Gasteiger partial charge on any atom is 0.306 e. The molecule has 0 unspecified atom stereocenters. The Hall–Kier alpha value is -2.15. The third-order valence-corrected chi connectivity index (χ3v) is 4.87. The molecule has 0 saturated heterocycles. The van der Waals surface area contributed by atoms with Crippen LogP contribution in [-0.2, 0) is 4.79 Å². The fourth-order valence-corrected chi connectivity index (χ4v) is 3.45. The van der Waals surface area contributed by atoms with Crippen molar-refractivity contribution in [3.8, 4) is 11.3 Å². The third kappa shape index (κ3) is 3.29. The Balaban J connectivity index is 1.72. The lowest BCUT2D eigenvalue weighted by Crippen LogP contribution is -2.33. The van der Waals surface area contributed by atoms with Gasteiger partial charge in [0.25, 0.3) is 5.91 Å². The molecule has 6 nitrogen and oxygen atoms in total. The summed E-state index contributed by atoms with van der Waals surface area (Å²) in [5, 5.41) is 18.9. The molecule has 3 rings (SSSR count). The van der Waals surface area contributed by atoms with E-state index in [1.54, 1.807) is 0 Å². The first-order chi connectivity index (χ1) is 11.1. The second-order valence-electron chi connectivity index (χ2n) is 5.65. The largest absolute Gasteiger partial charge is 0.481 e. The first kappa shape index (κ1) is 15.7. The van der Waals surface area contributed by atoms with E-state index in [9.17, 15) is 9.59 Å². The van der Waals surface area contributed by atoms with Crippen LogP contribution in [0.5, 0.6) is 0 Å². The summed E-state index contributed by atoms with van der Waals surface area (Å²) in [5.74, 6) is -1.44. The molecule has 3 N–H and O–H groups in total. The fraction of sp³-hybridized carbons (Fsp3) is 0.312. The molecule has 1 heterocycles. The van der Waals surface area contributed by atoms with Crippen molar-refractivity contribution in [2.75, 3.05) is 0 Å². The van der Waals surface area contributed by atoms with E-state index in [4.69, 9.17) is 5.11 Å². The third-order valence-electron chi connectivity index (χ3n) is 4.10. The molecule has 2 aromatic rings. The zero-order valence-corrected chi connectivity index (χ0v) is 13.8. The number of aromatic amines is 1. The van der Waals surface area contributed by atoms with Crippen LogP contribution in [0.2, 0.25) is 0 Å². The number of nitrogens with zero attached hydrogens (tertiary/aromatic N) is 1. The van der Waals surface area contributed by atoms with E-state index in [0.717, 1.165) is 5.56 Å². The van der Waals surface area contributed by atoms with Gasteiger partial charge in [0.05, 0.1) is 10.4 Å². The number of hydrogen-bond acceptors (Lipinski definition) is 3. The maximum absolute atomic E-state index is 12.4. The van der Waals surface area contributed by atoms with Crippen molar-refractivity contribution in [1.29, 1.82) is 0 Å². The summed E-state index contributed by atoms with van der Waals surface area (Å²) < 4.78 is 0.606. The van der Waals surface area contributed by atoms with Gasteiger partial charge in [-0.25, -0.2) is 0 Å². The number of carboxylic acids is 1. The SMILES string of the molecule is O=C(N[C@@H]1CC[C@H](C(=O)O)C1)c1[nH]nc(-c2ccccc2)c1Br. The van der Waals surface area contributed by atoms with Crippen molar-refractivity contribution in [2.24, 2.45) is 5.92 Å². The molecule has 1 aliphatic rings. The first-order valence-corrected chi connectivity index (χ1v) is 8.18. The number of benzene rings is 1. The molecular formula is C16H16BrN3O3. The van der Waals surface area contributed by atoms with Gasteiger partial charge in [-0.3, -0.25) is 14.7 Å². The van der Waals surface area contributed by atoms with Gasteiger partial charge in [0.2, 0.25) is 0 Å². The highest BCUT2D eigenvalue weighted by molar-refractivity contribution is 9.10. The van der Waals surface area contributed by atoms with Gasteiger partial charge in [0.1, 0.15) is 11.4 Å². The predicted molar refractivity (Wildman–Crippen MR) is 88.0 cm³/mol. The highest BCUT2D eigenvalue weighted by Gasteiger charge is 2.31. The summed E-state index contributed by atoms with van der Waals surface area (Å²) >= 11 is 3.42. The van der Waals surface area contributed by atoms with E-state index in [1.807, 2.05) is 30.3 Å². The molecular weight excluding hydrogens is 362 g/mol. The van der Waals surface area contributed by atoms with Crippen LogP contribution in [0, 0.1) is 5.92 Å². The Bertz CT molecular complexity index is 729. The van der Waals surface area contributed by atoms with Gasteiger partial charge in [-0.2, -0.15) is 5.10 Å². The Morgan fingerprint density at radius 1 is 1.26 bits per heavy atom. The number of carbonyl (C=O) groups excluding carboxylic acids is 1. The molecule has 7 heteroatoms. The minimum atomic E-state index is -0.796. The molecule has 0 aliphatic heterocycles. The highest BCUT2D eigenvalue weighted by Crippen LogP contribution is 2.30. The van der Waals surface area contributed by atoms with Crippen molar-refractivity contribution >= 4 is 27.8 Å². The summed E-state index contributed by atoms with van der Waals surface area (Å²) in [5.41, 5.74) is 1.93. The number of H-pyrrole nitrogens is 1. The summed E-state index contributed by atoms with van der Waals surface area (Å²) in [6.45, 7) is 0. The van der Waals surface area contributed by atoms with Gasteiger partial charge in [0, 0.05) is 11.6 Å². The number of carboxylic acid groups (broad SMARTS) is 1. The summed E-state index contributed by atoms with van der Waals surface area (Å²) in [6.07, 6.45) is 1.75. The minimum absolute atomic E-state index is 0.112. The molecule has 0 bridgehead atoms. The Morgan fingerprint density at radius 3 is 2.65 bits per heavy atom. The molecule has 0 spiro atoms. The number of rotatable bonds is 4. The monoisotopic (exact) mass is 377 g/mol. The number of nitrogens with one attached hydrogen (secondary N) is 2. The normalized spacial score (nSPS) is 20.4. The van der Waals surface area contributed by atoms with Crippen molar-refractivity contribution in [1.82, 2.24) is 15.5 Å². The zero-order valence-electron chi connectivity index (χ0n) is 12.3. The van der Waals surface area contributed by atoms with Crippen LogP contribution in [0.3, 0.4) is 0 Å². The molecule has 23 heavy (non-hydrogen) atoms. The van der Waals surface area contributed by atoms with Gasteiger partial charge in [-0.15, -0.1) is 0 Å². The number of hydrogen-bond donors (Lipinski definition) is 3. The lowest BCUT2D eigenvalue weighted by molar-refractivity contribution is -0.141. The summed E-state index contributed by atoms with van der Waals surface area (Å²) in [7, 11) is 0. The Morgan fingerprint density at radius 2 is 2.00 bits per heavy atom. The molecule has 1 aliphatic carbocycles. The molecule has 1 fully saturated rings. The van der Waals surface area contributed by atoms with E-state index in [0.29, 0.717) is 35.1 Å². The number of amides is 1. The molecule has 2 atom stereocenters. The molecule has 1 amide bonds. The van der Waals surface area contributed by atoms with Crippen LogP contribution >= 0.6 is 15.9 Å². The Labute approximate surface area is 141 Å². The number of carbonyl (C=O) groups is 2. The lowest BCUT2D eigenvalue weighted by Gasteiger charge is -2.11. The van der Waals surface area contributed by atoms with Crippen LogP contribution in [0.1, 0.15) is 29.8 Å².